The van der Waals surface area contributed by atoms with Gasteiger partial charge in [-0.05, 0) is 56.4 Å². The highest BCUT2D eigenvalue weighted by Gasteiger charge is 2.82. The number of hydrogen-bond donors (Lipinski definition) is 3. The van der Waals surface area contributed by atoms with E-state index in [-0.39, 0.29) is 30.8 Å². The predicted molar refractivity (Wildman–Crippen MR) is 89.8 cm³/mol. The Labute approximate surface area is 152 Å². The Bertz CT molecular complexity index is 747. The number of aliphatic hydroxyl groups is 2. The molecular formula is C20H26O6. The summed E-state index contributed by atoms with van der Waals surface area (Å²) in [4.78, 5) is 25.3. The van der Waals surface area contributed by atoms with Gasteiger partial charge in [0.1, 0.15) is 0 Å². The van der Waals surface area contributed by atoms with Crippen LogP contribution < -0.4 is 0 Å². The van der Waals surface area contributed by atoms with Crippen LogP contribution in [0.2, 0.25) is 0 Å². The van der Waals surface area contributed by atoms with Gasteiger partial charge in [-0.15, -0.1) is 0 Å². The molecule has 4 saturated carbocycles. The average molecular weight is 362 g/mol. The third-order valence-electron chi connectivity index (χ3n) is 8.99. The predicted octanol–water partition coefficient (Wildman–Crippen LogP) is 1.50. The van der Waals surface area contributed by atoms with Gasteiger partial charge in [-0.2, -0.15) is 0 Å². The van der Waals surface area contributed by atoms with Gasteiger partial charge >= 0.3 is 11.9 Å². The summed E-state index contributed by atoms with van der Waals surface area (Å²) in [6, 6.07) is 0. The minimum Gasteiger partial charge on any atom is -0.481 e. The number of carboxylic acids is 1. The molecule has 0 aromatic heterocycles. The molecule has 5 fully saturated rings. The number of carboxylic acid groups (broad SMARTS) is 1. The summed E-state index contributed by atoms with van der Waals surface area (Å²) in [6.45, 7) is 6.02. The molecule has 5 aliphatic rings. The zero-order valence-electron chi connectivity index (χ0n) is 15.0. The van der Waals surface area contributed by atoms with Crippen molar-refractivity contribution in [2.45, 2.75) is 57.2 Å². The van der Waals surface area contributed by atoms with Gasteiger partial charge in [0.15, 0.2) is 0 Å². The first-order valence-corrected chi connectivity index (χ1v) is 9.63. The van der Waals surface area contributed by atoms with Crippen molar-refractivity contribution in [2.75, 3.05) is 6.61 Å². The van der Waals surface area contributed by atoms with Crippen molar-refractivity contribution in [3.8, 4) is 0 Å². The second-order valence-corrected chi connectivity index (χ2v) is 9.71. The van der Waals surface area contributed by atoms with Crippen LogP contribution in [-0.4, -0.2) is 45.6 Å². The summed E-state index contributed by atoms with van der Waals surface area (Å²) < 4.78 is 5.62. The number of ether oxygens (including phenoxy) is 1. The Balaban J connectivity index is 1.79. The molecule has 0 amide bonds. The largest absolute Gasteiger partial charge is 0.481 e. The molecule has 26 heavy (non-hydrogen) atoms. The summed E-state index contributed by atoms with van der Waals surface area (Å²) in [5.41, 5.74) is -3.06. The van der Waals surface area contributed by atoms with Crippen LogP contribution in [0.1, 0.15) is 45.4 Å². The third kappa shape index (κ3) is 1.47. The lowest BCUT2D eigenvalue weighted by Crippen LogP contribution is -2.58. The molecule has 6 nitrogen and oxygen atoms in total. The molecule has 1 spiro atoms. The lowest BCUT2D eigenvalue weighted by molar-refractivity contribution is -0.201. The molecule has 142 valence electrons. The highest BCUT2D eigenvalue weighted by atomic mass is 16.5. The van der Waals surface area contributed by atoms with Crippen LogP contribution in [-0.2, 0) is 14.3 Å². The van der Waals surface area contributed by atoms with Crippen LogP contribution in [0.25, 0.3) is 0 Å². The normalized spacial score (nSPS) is 57.3. The van der Waals surface area contributed by atoms with Crippen LogP contribution in [0.3, 0.4) is 0 Å². The first kappa shape index (κ1) is 16.8. The molecular weight excluding hydrogens is 336 g/mol. The van der Waals surface area contributed by atoms with Crippen molar-refractivity contribution in [1.29, 1.82) is 0 Å². The number of fused-ring (bicyclic) bond motifs is 1. The Kier molecular flexibility index (Phi) is 2.92. The minimum atomic E-state index is -1.20. The molecule has 0 radical (unpaired) electrons. The number of carbonyl (C=O) groups is 2. The van der Waals surface area contributed by atoms with E-state index in [0.29, 0.717) is 24.8 Å². The monoisotopic (exact) mass is 362 g/mol. The molecule has 6 heteroatoms. The van der Waals surface area contributed by atoms with Crippen molar-refractivity contribution in [1.82, 2.24) is 0 Å². The number of aliphatic hydroxyl groups excluding tert-OH is 1. The Hall–Kier alpha value is -1.40. The van der Waals surface area contributed by atoms with Crippen LogP contribution in [0.4, 0.5) is 0 Å². The average Bonchev–Trinajstić information content (AvgIpc) is 2.93. The summed E-state index contributed by atoms with van der Waals surface area (Å²) in [5.74, 6) is -2.59. The van der Waals surface area contributed by atoms with E-state index in [1.807, 2.05) is 6.92 Å². The molecule has 4 aliphatic carbocycles. The molecule has 1 saturated heterocycles. The maximum absolute atomic E-state index is 12.7. The summed E-state index contributed by atoms with van der Waals surface area (Å²) >= 11 is 0. The number of hydrogen-bond acceptors (Lipinski definition) is 5. The van der Waals surface area contributed by atoms with Crippen molar-refractivity contribution in [2.24, 2.45) is 34.0 Å². The number of carbonyl (C=O) groups excluding carboxylic acids is 1. The van der Waals surface area contributed by atoms with Gasteiger partial charge in [-0.25, -0.2) is 0 Å². The van der Waals surface area contributed by atoms with E-state index in [0.717, 1.165) is 12.8 Å². The Morgan fingerprint density at radius 3 is 2.73 bits per heavy atom. The molecule has 3 N–H and O–H groups in total. The van der Waals surface area contributed by atoms with Crippen molar-refractivity contribution in [3.05, 3.63) is 12.2 Å². The molecule has 5 rings (SSSR count). The summed E-state index contributed by atoms with van der Waals surface area (Å²) in [6.07, 6.45) is 2.59. The molecule has 0 aromatic carbocycles. The lowest BCUT2D eigenvalue weighted by atomic mass is 9.51. The smallest absolute Gasteiger partial charge is 0.312 e. The van der Waals surface area contributed by atoms with E-state index in [2.05, 4.69) is 6.58 Å². The van der Waals surface area contributed by atoms with Crippen molar-refractivity contribution in [3.63, 3.8) is 0 Å². The molecule has 0 aromatic rings. The third-order valence-corrected chi connectivity index (χ3v) is 8.99. The topological polar surface area (TPSA) is 104 Å². The number of esters is 1. The number of rotatable bonds is 1. The number of cyclic esters (lactones) is 1. The van der Waals surface area contributed by atoms with Gasteiger partial charge in [0.05, 0.1) is 29.6 Å². The molecule has 1 heterocycles. The van der Waals surface area contributed by atoms with E-state index in [4.69, 9.17) is 4.74 Å². The zero-order valence-corrected chi connectivity index (χ0v) is 15.0. The van der Waals surface area contributed by atoms with Gasteiger partial charge in [0, 0.05) is 10.8 Å². The van der Waals surface area contributed by atoms with E-state index in [1.165, 1.54) is 0 Å². The second-order valence-electron chi connectivity index (χ2n) is 9.71. The first-order valence-electron chi connectivity index (χ1n) is 9.63. The standard InChI is InChI=1S/C20H26O6/c1-10-14(21)20-8-19(10,25)7-4-11(20)18-6-3-5-17(2,16(24)26-9-18)13(18)12(20)15(22)23/h11-14,21,25H,1,3-9H2,2H3,(H,22,23)/t11-,12+,13+,14+,17-,18-,19-,20-/m0/s1. The molecule has 1 aliphatic heterocycles. The van der Waals surface area contributed by atoms with Gasteiger partial charge in [0.2, 0.25) is 0 Å². The fourth-order valence-corrected chi connectivity index (χ4v) is 8.19. The van der Waals surface area contributed by atoms with Gasteiger partial charge in [-0.1, -0.05) is 13.0 Å². The van der Waals surface area contributed by atoms with E-state index < -0.39 is 39.8 Å². The van der Waals surface area contributed by atoms with Gasteiger partial charge in [-0.3, -0.25) is 9.59 Å². The van der Waals surface area contributed by atoms with Crippen LogP contribution in [0.15, 0.2) is 12.2 Å². The Morgan fingerprint density at radius 2 is 2.04 bits per heavy atom. The van der Waals surface area contributed by atoms with E-state index >= 15 is 0 Å². The van der Waals surface area contributed by atoms with E-state index in [1.54, 1.807) is 0 Å². The van der Waals surface area contributed by atoms with Gasteiger partial charge < -0.3 is 20.1 Å². The molecule has 8 atom stereocenters. The second kappa shape index (κ2) is 4.53. The summed E-state index contributed by atoms with van der Waals surface area (Å²) in [7, 11) is 0. The zero-order chi connectivity index (χ0) is 18.7. The minimum absolute atomic E-state index is 0.0802. The van der Waals surface area contributed by atoms with Crippen molar-refractivity contribution >= 4 is 11.9 Å². The highest BCUT2D eigenvalue weighted by molar-refractivity contribution is 5.82. The maximum Gasteiger partial charge on any atom is 0.312 e. The van der Waals surface area contributed by atoms with Crippen LogP contribution in [0, 0.1) is 34.0 Å². The molecule has 0 unspecified atom stereocenters. The first-order chi connectivity index (χ1) is 12.1. The highest BCUT2D eigenvalue weighted by Crippen LogP contribution is 2.79. The van der Waals surface area contributed by atoms with Crippen LogP contribution in [0.5, 0.6) is 0 Å². The number of aliphatic carboxylic acids is 1. The SMILES string of the molecule is C=C1[C@@H](O)[C@@]23C[C@@]1(O)CC[C@H]2[C@]12CCC[C@](C)(C(=O)OC1)[C@H]2[C@@H]3C(=O)O. The Morgan fingerprint density at radius 1 is 1.31 bits per heavy atom. The van der Waals surface area contributed by atoms with E-state index in [9.17, 15) is 24.9 Å². The van der Waals surface area contributed by atoms with Crippen LogP contribution >= 0.6 is 0 Å². The fraction of sp³-hybridized carbons (Fsp3) is 0.800. The van der Waals surface area contributed by atoms with Crippen molar-refractivity contribution < 1.29 is 29.6 Å². The fourth-order valence-electron chi connectivity index (χ4n) is 8.19. The molecule has 4 bridgehead atoms. The van der Waals surface area contributed by atoms with Gasteiger partial charge in [0.25, 0.3) is 0 Å². The summed E-state index contributed by atoms with van der Waals surface area (Å²) in [5, 5.41) is 32.5. The lowest BCUT2D eigenvalue weighted by Gasteiger charge is -2.55. The maximum atomic E-state index is 12.7. The quantitative estimate of drug-likeness (QED) is 0.482.